The van der Waals surface area contributed by atoms with Crippen molar-refractivity contribution >= 4 is 28.5 Å². The fourth-order valence-electron chi connectivity index (χ4n) is 3.07. The van der Waals surface area contributed by atoms with Crippen molar-refractivity contribution in [1.82, 2.24) is 10.3 Å². The van der Waals surface area contributed by atoms with Crippen LogP contribution < -0.4 is 25.4 Å². The van der Waals surface area contributed by atoms with Crippen LogP contribution >= 0.6 is 0 Å². The summed E-state index contributed by atoms with van der Waals surface area (Å²) in [5.74, 6) is 0.857. The second-order valence-electron chi connectivity index (χ2n) is 6.41. The van der Waals surface area contributed by atoms with E-state index in [9.17, 15) is 9.59 Å². The summed E-state index contributed by atoms with van der Waals surface area (Å²) >= 11 is 0. The number of hydrogen-bond donors (Lipinski definition) is 2. The highest BCUT2D eigenvalue weighted by Crippen LogP contribution is 2.34. The van der Waals surface area contributed by atoms with Gasteiger partial charge in [0.05, 0.1) is 18.2 Å². The normalized spacial score (nSPS) is 10.5. The molecule has 8 heteroatoms. The van der Waals surface area contributed by atoms with Crippen molar-refractivity contribution in [3.8, 4) is 17.2 Å². The molecule has 0 bridgehead atoms. The first-order valence-corrected chi connectivity index (χ1v) is 8.86. The highest BCUT2D eigenvalue weighted by molar-refractivity contribution is 6.01. The van der Waals surface area contributed by atoms with Gasteiger partial charge in [-0.05, 0) is 42.8 Å². The van der Waals surface area contributed by atoms with Crippen LogP contribution in [0, 0.1) is 6.92 Å². The third-order valence-corrected chi connectivity index (χ3v) is 4.56. The van der Waals surface area contributed by atoms with Crippen LogP contribution in [0.25, 0.3) is 10.9 Å². The highest BCUT2D eigenvalue weighted by atomic mass is 16.5. The number of methoxy groups -OCH3 is 1. The summed E-state index contributed by atoms with van der Waals surface area (Å²) in [5, 5.41) is 3.22. The lowest BCUT2D eigenvalue weighted by Crippen LogP contribution is -2.35. The van der Waals surface area contributed by atoms with Crippen molar-refractivity contribution in [2.75, 3.05) is 26.1 Å². The zero-order valence-electron chi connectivity index (χ0n) is 16.6. The molecular weight excluding hydrogens is 372 g/mol. The molecule has 0 aliphatic carbocycles. The van der Waals surface area contributed by atoms with E-state index in [4.69, 9.17) is 15.2 Å². The lowest BCUT2D eigenvalue weighted by Gasteiger charge is -2.19. The number of urea groups is 1. The van der Waals surface area contributed by atoms with Gasteiger partial charge in [0.2, 0.25) is 0 Å². The Kier molecular flexibility index (Phi) is 5.54. The number of benzene rings is 2. The first-order chi connectivity index (χ1) is 13.8. The van der Waals surface area contributed by atoms with E-state index in [-0.39, 0.29) is 11.6 Å². The number of fused-ring (bicyclic) bond motifs is 1. The number of ether oxygens (including phenoxy) is 2. The van der Waals surface area contributed by atoms with Gasteiger partial charge in [0.1, 0.15) is 17.2 Å². The summed E-state index contributed by atoms with van der Waals surface area (Å²) in [6.07, 6.45) is 1.61. The van der Waals surface area contributed by atoms with Gasteiger partial charge in [-0.25, -0.2) is 4.79 Å². The van der Waals surface area contributed by atoms with Crippen LogP contribution in [0.3, 0.4) is 0 Å². The van der Waals surface area contributed by atoms with Crippen LogP contribution in [-0.4, -0.2) is 38.1 Å². The second kappa shape index (κ2) is 8.05. The Morgan fingerprint density at radius 2 is 1.90 bits per heavy atom. The molecule has 0 fully saturated rings. The summed E-state index contributed by atoms with van der Waals surface area (Å²) in [7, 11) is 4.74. The molecule has 0 atom stereocenters. The van der Waals surface area contributed by atoms with E-state index in [1.54, 1.807) is 50.6 Å². The summed E-state index contributed by atoms with van der Waals surface area (Å²) in [6, 6.07) is 10.2. The predicted octanol–water partition coefficient (Wildman–Crippen LogP) is 3.22. The maximum atomic E-state index is 11.9. The van der Waals surface area contributed by atoms with Gasteiger partial charge < -0.3 is 20.5 Å². The summed E-state index contributed by atoms with van der Waals surface area (Å²) in [4.78, 5) is 29.5. The van der Waals surface area contributed by atoms with Crippen molar-refractivity contribution in [2.45, 2.75) is 6.92 Å². The molecule has 3 N–H and O–H groups in total. The van der Waals surface area contributed by atoms with Gasteiger partial charge in [0.25, 0.3) is 5.91 Å². The Hall–Kier alpha value is -3.81. The molecule has 3 amide bonds. The van der Waals surface area contributed by atoms with E-state index in [0.717, 1.165) is 11.3 Å². The van der Waals surface area contributed by atoms with E-state index >= 15 is 0 Å². The van der Waals surface area contributed by atoms with E-state index in [2.05, 4.69) is 10.3 Å². The highest BCUT2D eigenvalue weighted by Gasteiger charge is 2.15. The maximum absolute atomic E-state index is 11.9. The minimum Gasteiger partial charge on any atom is -0.496 e. The minimum atomic E-state index is -0.601. The van der Waals surface area contributed by atoms with Crippen molar-refractivity contribution < 1.29 is 19.1 Å². The molecule has 0 saturated carbocycles. The Balaban J connectivity index is 2.00. The summed E-state index contributed by atoms with van der Waals surface area (Å²) in [6.45, 7) is 1.89. The molecule has 0 spiro atoms. The third-order valence-electron chi connectivity index (χ3n) is 4.56. The molecule has 0 aliphatic heterocycles. The van der Waals surface area contributed by atoms with Gasteiger partial charge in [0, 0.05) is 37.4 Å². The molecule has 1 aromatic heterocycles. The van der Waals surface area contributed by atoms with E-state index in [1.807, 2.05) is 13.0 Å². The largest absolute Gasteiger partial charge is 0.496 e. The fourth-order valence-corrected chi connectivity index (χ4v) is 3.07. The topological polar surface area (TPSA) is 107 Å². The van der Waals surface area contributed by atoms with Gasteiger partial charge in [-0.15, -0.1) is 0 Å². The number of pyridine rings is 1. The minimum absolute atomic E-state index is 0.213. The lowest BCUT2D eigenvalue weighted by atomic mass is 10.1. The average molecular weight is 394 g/mol. The monoisotopic (exact) mass is 394 g/mol. The Morgan fingerprint density at radius 1 is 1.14 bits per heavy atom. The number of hydrogen-bond acceptors (Lipinski definition) is 5. The van der Waals surface area contributed by atoms with Crippen LogP contribution in [0.5, 0.6) is 17.2 Å². The lowest BCUT2D eigenvalue weighted by molar-refractivity contribution is 0.0997. The molecule has 3 aromatic rings. The number of amides is 3. The van der Waals surface area contributed by atoms with Crippen LogP contribution in [0.15, 0.2) is 42.6 Å². The summed E-state index contributed by atoms with van der Waals surface area (Å²) in [5.41, 5.74) is 7.95. The van der Waals surface area contributed by atoms with Crippen LogP contribution in [0.1, 0.15) is 15.9 Å². The van der Waals surface area contributed by atoms with Crippen LogP contribution in [-0.2, 0) is 0 Å². The van der Waals surface area contributed by atoms with Gasteiger partial charge in [-0.1, -0.05) is 0 Å². The number of nitrogens with one attached hydrogen (secondary N) is 1. The number of primary amides is 1. The number of aromatic nitrogens is 1. The number of carbonyl (C=O) groups excluding carboxylic acids is 2. The maximum Gasteiger partial charge on any atom is 0.321 e. The fraction of sp³-hybridized carbons (Fsp3) is 0.190. The number of nitrogens with two attached hydrogens (primary N) is 1. The van der Waals surface area contributed by atoms with Gasteiger partial charge in [-0.3, -0.25) is 14.7 Å². The SMILES string of the molecule is CNC(=O)N(C)c1ccc(Oc2ccnc3cc(OC)c(C(N)=O)cc23)cc1C. The number of rotatable bonds is 5. The molecule has 29 heavy (non-hydrogen) atoms. The van der Waals surface area contributed by atoms with Crippen molar-refractivity contribution in [2.24, 2.45) is 5.73 Å². The van der Waals surface area contributed by atoms with Gasteiger partial charge in [-0.2, -0.15) is 0 Å². The molecule has 0 radical (unpaired) electrons. The standard InChI is InChI=1S/C21H22N4O4/c1-12-9-13(5-6-17(12)25(3)21(27)23-2)29-18-7-8-24-16-11-19(28-4)15(20(22)26)10-14(16)18/h5-11H,1-4H3,(H2,22,26)(H,23,27). The van der Waals surface area contributed by atoms with Crippen molar-refractivity contribution in [1.29, 1.82) is 0 Å². The first-order valence-electron chi connectivity index (χ1n) is 8.86. The van der Waals surface area contributed by atoms with Crippen molar-refractivity contribution in [3.05, 3.63) is 53.7 Å². The number of anilines is 1. The number of aryl methyl sites for hydroxylation is 1. The molecule has 1 heterocycles. The Bertz CT molecular complexity index is 1100. The van der Waals surface area contributed by atoms with E-state index in [1.165, 1.54) is 12.0 Å². The average Bonchev–Trinajstić information content (AvgIpc) is 2.72. The van der Waals surface area contributed by atoms with Gasteiger partial charge >= 0.3 is 6.03 Å². The summed E-state index contributed by atoms with van der Waals surface area (Å²) < 4.78 is 11.3. The Morgan fingerprint density at radius 3 is 2.52 bits per heavy atom. The molecule has 3 rings (SSSR count). The number of carbonyl (C=O) groups is 2. The first kappa shape index (κ1) is 19.9. The predicted molar refractivity (Wildman–Crippen MR) is 111 cm³/mol. The molecule has 0 aliphatic rings. The number of nitrogens with zero attached hydrogens (tertiary/aromatic N) is 2. The Labute approximate surface area is 168 Å². The molecule has 0 saturated heterocycles. The molecule has 0 unspecified atom stereocenters. The smallest absolute Gasteiger partial charge is 0.321 e. The quantitative estimate of drug-likeness (QED) is 0.691. The second-order valence-corrected chi connectivity index (χ2v) is 6.41. The molecule has 8 nitrogen and oxygen atoms in total. The van der Waals surface area contributed by atoms with Gasteiger partial charge in [0.15, 0.2) is 0 Å². The van der Waals surface area contributed by atoms with Crippen LogP contribution in [0.2, 0.25) is 0 Å². The van der Waals surface area contributed by atoms with Crippen molar-refractivity contribution in [3.63, 3.8) is 0 Å². The van der Waals surface area contributed by atoms with Crippen LogP contribution in [0.4, 0.5) is 10.5 Å². The third kappa shape index (κ3) is 3.91. The zero-order chi connectivity index (χ0) is 21.1. The van der Waals surface area contributed by atoms with E-state index < -0.39 is 5.91 Å². The van der Waals surface area contributed by atoms with E-state index in [0.29, 0.717) is 28.2 Å². The zero-order valence-corrected chi connectivity index (χ0v) is 16.6. The molecular formula is C21H22N4O4. The molecule has 2 aromatic carbocycles. The molecule has 150 valence electrons.